The van der Waals surface area contributed by atoms with E-state index in [1.165, 1.54) is 38.5 Å². The van der Waals surface area contributed by atoms with Crippen molar-refractivity contribution < 1.29 is 9.47 Å². The second-order valence-corrected chi connectivity index (χ2v) is 7.36. The van der Waals surface area contributed by atoms with Crippen LogP contribution in [0.3, 0.4) is 0 Å². The van der Waals surface area contributed by atoms with Crippen molar-refractivity contribution in [3.05, 3.63) is 0 Å². The van der Waals surface area contributed by atoms with E-state index in [2.05, 4.69) is 19.9 Å². The third-order valence-corrected chi connectivity index (χ3v) is 5.55. The van der Waals surface area contributed by atoms with Gasteiger partial charge in [-0.3, -0.25) is 0 Å². The van der Waals surface area contributed by atoms with Gasteiger partial charge >= 0.3 is 0 Å². The van der Waals surface area contributed by atoms with Crippen molar-refractivity contribution >= 4 is 0 Å². The van der Waals surface area contributed by atoms with Crippen LogP contribution in [0.2, 0.25) is 0 Å². The van der Waals surface area contributed by atoms with Gasteiger partial charge in [0.2, 0.25) is 0 Å². The Bertz CT molecular complexity index is 347. The molecule has 0 N–H and O–H groups in total. The van der Waals surface area contributed by atoms with Crippen LogP contribution in [0.1, 0.15) is 78.1 Å². The topological polar surface area (TPSA) is 42.2 Å². The van der Waals surface area contributed by atoms with Crippen LogP contribution >= 0.6 is 0 Å². The summed E-state index contributed by atoms with van der Waals surface area (Å²) in [4.78, 5) is 0. The quantitative estimate of drug-likeness (QED) is 0.618. The third kappa shape index (κ3) is 4.46. The first-order valence-electron chi connectivity index (χ1n) is 9.38. The standard InChI is InChI=1S/C19H33NO2/c1-3-5-6-8-17-13-21-18(22-14-17)19(15-20)11-9-16(7-4-2)10-12-19/h16-18H,3-14H2,1-2H3. The fourth-order valence-electron chi connectivity index (χ4n) is 4.00. The van der Waals surface area contributed by atoms with Crippen molar-refractivity contribution in [2.75, 3.05) is 13.2 Å². The summed E-state index contributed by atoms with van der Waals surface area (Å²) in [6.07, 6.45) is 11.5. The minimum Gasteiger partial charge on any atom is -0.351 e. The molecule has 2 fully saturated rings. The van der Waals surface area contributed by atoms with Gasteiger partial charge in [-0.1, -0.05) is 46.0 Å². The summed E-state index contributed by atoms with van der Waals surface area (Å²) in [6.45, 7) is 6.03. The molecule has 2 rings (SSSR count). The first-order valence-corrected chi connectivity index (χ1v) is 9.38. The maximum atomic E-state index is 9.74. The van der Waals surface area contributed by atoms with Crippen LogP contribution in [-0.2, 0) is 9.47 Å². The largest absolute Gasteiger partial charge is 0.351 e. The second-order valence-electron chi connectivity index (χ2n) is 7.36. The zero-order chi connectivity index (χ0) is 15.8. The van der Waals surface area contributed by atoms with Crippen LogP contribution in [0, 0.1) is 28.6 Å². The number of nitriles is 1. The Morgan fingerprint density at radius 1 is 0.955 bits per heavy atom. The fraction of sp³-hybridized carbons (Fsp3) is 0.947. The van der Waals surface area contributed by atoms with Crippen LogP contribution in [0.15, 0.2) is 0 Å². The van der Waals surface area contributed by atoms with Gasteiger partial charge < -0.3 is 9.47 Å². The summed E-state index contributed by atoms with van der Waals surface area (Å²) in [5.41, 5.74) is -0.390. The van der Waals surface area contributed by atoms with Crippen LogP contribution < -0.4 is 0 Å². The lowest BCUT2D eigenvalue weighted by Crippen LogP contribution is -2.45. The fourth-order valence-corrected chi connectivity index (χ4v) is 4.00. The highest BCUT2D eigenvalue weighted by Crippen LogP contribution is 2.45. The van der Waals surface area contributed by atoms with Gasteiger partial charge in [-0.05, 0) is 38.0 Å². The molecule has 0 bridgehead atoms. The molecule has 126 valence electrons. The average Bonchev–Trinajstić information content (AvgIpc) is 2.57. The van der Waals surface area contributed by atoms with E-state index in [1.807, 2.05) is 0 Å². The predicted molar refractivity (Wildman–Crippen MR) is 88.2 cm³/mol. The molecule has 0 aromatic carbocycles. The second kappa shape index (κ2) is 8.89. The number of unbranched alkanes of at least 4 members (excludes halogenated alkanes) is 2. The van der Waals surface area contributed by atoms with Gasteiger partial charge in [0.1, 0.15) is 5.41 Å². The number of rotatable bonds is 7. The van der Waals surface area contributed by atoms with Crippen molar-refractivity contribution in [2.24, 2.45) is 17.3 Å². The molecule has 0 amide bonds. The molecule has 1 saturated carbocycles. The van der Waals surface area contributed by atoms with Crippen molar-refractivity contribution in [3.8, 4) is 6.07 Å². The van der Waals surface area contributed by atoms with Gasteiger partial charge in [0.25, 0.3) is 0 Å². The predicted octanol–water partition coefficient (Wildman–Crippen LogP) is 5.06. The van der Waals surface area contributed by atoms with Crippen molar-refractivity contribution in [2.45, 2.75) is 84.3 Å². The Balaban J connectivity index is 1.80. The molecule has 0 aromatic rings. The molecule has 0 atom stereocenters. The van der Waals surface area contributed by atoms with E-state index in [0.29, 0.717) is 5.92 Å². The summed E-state index contributed by atoms with van der Waals surface area (Å²) < 4.78 is 12.0. The molecule has 3 heteroatoms. The summed E-state index contributed by atoms with van der Waals surface area (Å²) in [6, 6.07) is 2.57. The highest BCUT2D eigenvalue weighted by atomic mass is 16.7. The van der Waals surface area contributed by atoms with Gasteiger partial charge in [-0.15, -0.1) is 0 Å². The van der Waals surface area contributed by atoms with Gasteiger partial charge in [0.05, 0.1) is 19.3 Å². The van der Waals surface area contributed by atoms with E-state index in [1.54, 1.807) is 0 Å². The molecule has 0 aromatic heterocycles. The zero-order valence-corrected chi connectivity index (χ0v) is 14.5. The molecule has 1 saturated heterocycles. The molecule has 3 nitrogen and oxygen atoms in total. The summed E-state index contributed by atoms with van der Waals surface area (Å²) in [5, 5.41) is 9.74. The maximum Gasteiger partial charge on any atom is 0.176 e. The van der Waals surface area contributed by atoms with Crippen LogP contribution in [0.25, 0.3) is 0 Å². The van der Waals surface area contributed by atoms with Gasteiger partial charge in [-0.25, -0.2) is 0 Å². The Hall–Kier alpha value is -0.590. The van der Waals surface area contributed by atoms with Gasteiger partial charge in [-0.2, -0.15) is 5.26 Å². The van der Waals surface area contributed by atoms with Crippen LogP contribution in [0.5, 0.6) is 0 Å². The number of ether oxygens (including phenoxy) is 2. The highest BCUT2D eigenvalue weighted by molar-refractivity contribution is 5.04. The zero-order valence-electron chi connectivity index (χ0n) is 14.5. The van der Waals surface area contributed by atoms with Crippen molar-refractivity contribution in [1.29, 1.82) is 5.26 Å². The lowest BCUT2D eigenvalue weighted by molar-refractivity contribution is -0.247. The summed E-state index contributed by atoms with van der Waals surface area (Å²) in [7, 11) is 0. The number of hydrogen-bond donors (Lipinski definition) is 0. The molecule has 1 aliphatic carbocycles. The van der Waals surface area contributed by atoms with Crippen molar-refractivity contribution in [3.63, 3.8) is 0 Å². The minimum atomic E-state index is -0.390. The van der Waals surface area contributed by atoms with Crippen molar-refractivity contribution in [1.82, 2.24) is 0 Å². The minimum absolute atomic E-state index is 0.289. The van der Waals surface area contributed by atoms with Gasteiger partial charge in [0.15, 0.2) is 6.29 Å². The monoisotopic (exact) mass is 307 g/mol. The first-order chi connectivity index (χ1) is 10.7. The van der Waals surface area contributed by atoms with Crippen LogP contribution in [0.4, 0.5) is 0 Å². The molecule has 2 aliphatic rings. The van der Waals surface area contributed by atoms with E-state index >= 15 is 0 Å². The lowest BCUT2D eigenvalue weighted by atomic mass is 9.69. The average molecular weight is 307 g/mol. The van der Waals surface area contributed by atoms with E-state index < -0.39 is 5.41 Å². The van der Waals surface area contributed by atoms with Gasteiger partial charge in [0, 0.05) is 5.92 Å². The Morgan fingerprint density at radius 2 is 1.64 bits per heavy atom. The SMILES string of the molecule is CCCCCC1COC(C2(C#N)CCC(CCC)CC2)OC1. The van der Waals surface area contributed by atoms with E-state index in [9.17, 15) is 5.26 Å². The maximum absolute atomic E-state index is 9.74. The summed E-state index contributed by atoms with van der Waals surface area (Å²) in [5.74, 6) is 1.33. The first kappa shape index (κ1) is 17.8. The van der Waals surface area contributed by atoms with E-state index in [0.717, 1.165) is 44.8 Å². The van der Waals surface area contributed by atoms with E-state index in [-0.39, 0.29) is 6.29 Å². The Morgan fingerprint density at radius 3 is 2.18 bits per heavy atom. The Kier molecular flexibility index (Phi) is 7.18. The number of nitrogens with zero attached hydrogens (tertiary/aromatic N) is 1. The Labute approximate surface area is 136 Å². The lowest BCUT2D eigenvalue weighted by Gasteiger charge is -2.42. The van der Waals surface area contributed by atoms with E-state index in [4.69, 9.17) is 9.47 Å². The molecular formula is C19H33NO2. The smallest absolute Gasteiger partial charge is 0.176 e. The van der Waals surface area contributed by atoms with Crippen LogP contribution in [-0.4, -0.2) is 19.5 Å². The normalized spacial score (nSPS) is 36.0. The summed E-state index contributed by atoms with van der Waals surface area (Å²) >= 11 is 0. The molecular weight excluding hydrogens is 274 g/mol. The molecule has 22 heavy (non-hydrogen) atoms. The molecule has 0 spiro atoms. The highest BCUT2D eigenvalue weighted by Gasteiger charge is 2.45. The molecule has 1 heterocycles. The molecule has 0 radical (unpaired) electrons. The number of hydrogen-bond acceptors (Lipinski definition) is 3. The molecule has 1 aliphatic heterocycles. The third-order valence-electron chi connectivity index (χ3n) is 5.55. The molecule has 0 unspecified atom stereocenters.